The van der Waals surface area contributed by atoms with Gasteiger partial charge in [0.25, 0.3) is 0 Å². The molecule has 6 nitrogen and oxygen atoms in total. The van der Waals surface area contributed by atoms with Crippen molar-refractivity contribution in [3.8, 4) is 45.4 Å². The van der Waals surface area contributed by atoms with Gasteiger partial charge in [-0.05, 0) is 33.6 Å². The van der Waals surface area contributed by atoms with E-state index in [1.54, 1.807) is 6.20 Å². The first-order valence-electron chi connectivity index (χ1n) is 18.9. The molecule has 0 aliphatic carbocycles. The zero-order valence-electron chi connectivity index (χ0n) is 34.9. The summed E-state index contributed by atoms with van der Waals surface area (Å²) in [6.45, 7) is 24.4. The Morgan fingerprint density at radius 2 is 1.09 bits per heavy atom. The fourth-order valence-electron chi connectivity index (χ4n) is 5.63. The molecule has 56 heavy (non-hydrogen) atoms. The molecule has 2 heterocycles. The van der Waals surface area contributed by atoms with Crippen molar-refractivity contribution in [2.45, 2.75) is 93.9 Å². The second kappa shape index (κ2) is 17.1. The van der Waals surface area contributed by atoms with E-state index in [9.17, 15) is 9.90 Å². The van der Waals surface area contributed by atoms with E-state index in [4.69, 9.17) is 15.0 Å². The molecule has 1 radical (unpaired) electrons. The number of pyridine rings is 1. The number of nitrogens with zero attached hydrogens (tertiary/aromatic N) is 4. The van der Waals surface area contributed by atoms with Gasteiger partial charge >= 0.3 is 0 Å². The summed E-state index contributed by atoms with van der Waals surface area (Å²) in [5, 5.41) is 11.6. The maximum atomic E-state index is 11.5. The fraction of sp³-hybridized carbons (Fsp3) is 0.327. The average Bonchev–Trinajstić information content (AvgIpc) is 3.13. The molecule has 0 fully saturated rings. The number of aliphatic hydroxyl groups is 1. The Balaban J connectivity index is 0.000000429. The molecule has 0 spiro atoms. The van der Waals surface area contributed by atoms with Crippen LogP contribution >= 0.6 is 0 Å². The van der Waals surface area contributed by atoms with E-state index in [-0.39, 0.29) is 47.9 Å². The minimum absolute atomic E-state index is 0. The predicted octanol–water partition coefficient (Wildman–Crippen LogP) is 12.6. The third-order valence-electron chi connectivity index (χ3n) is 9.39. The molecule has 0 saturated carbocycles. The molecular weight excluding hydrogens is 869 g/mol. The predicted molar refractivity (Wildman–Crippen MR) is 228 cm³/mol. The quantitative estimate of drug-likeness (QED) is 0.105. The second-order valence-corrected chi connectivity index (χ2v) is 18.2. The topological polar surface area (TPSA) is 88.9 Å². The van der Waals surface area contributed by atoms with Crippen LogP contribution < -0.4 is 0 Å². The average molecular weight is 924 g/mol. The van der Waals surface area contributed by atoms with Gasteiger partial charge in [0.1, 0.15) is 11.6 Å². The van der Waals surface area contributed by atoms with Crippen LogP contribution in [0.15, 0.2) is 115 Å². The standard InChI is InChI=1S/C38H35N4.C11H20O2.Ir/c1-37(2,3)29-18-14-25(15-19-29)34-40-35(26-16-20-30(21-17-26)38(4,5)6)42-36(41-34)32-24-28(33-13-9-10-22-39-33)23-27-11-7-8-12-31(27)32;1-10(2,3)8(12)7-9(13)11(4,5)6;/h7-22,24H,1-6H3;7,12H,1-6H3;/q-1;;. The Morgan fingerprint density at radius 3 is 1.54 bits per heavy atom. The minimum Gasteiger partial charge on any atom is -0.512 e. The van der Waals surface area contributed by atoms with Gasteiger partial charge in [-0.3, -0.25) is 9.78 Å². The molecule has 4 aromatic carbocycles. The van der Waals surface area contributed by atoms with Gasteiger partial charge in [-0.2, -0.15) is 0 Å². The molecule has 7 heteroatoms. The van der Waals surface area contributed by atoms with Gasteiger partial charge in [-0.1, -0.05) is 173 Å². The maximum absolute atomic E-state index is 11.5. The summed E-state index contributed by atoms with van der Waals surface area (Å²) >= 11 is 0. The van der Waals surface area contributed by atoms with Gasteiger partial charge < -0.3 is 5.11 Å². The van der Waals surface area contributed by atoms with Crippen molar-refractivity contribution in [2.75, 3.05) is 0 Å². The van der Waals surface area contributed by atoms with E-state index < -0.39 is 5.41 Å². The fourth-order valence-corrected chi connectivity index (χ4v) is 5.63. The Bertz CT molecular complexity index is 2230. The van der Waals surface area contributed by atoms with Crippen molar-refractivity contribution < 1.29 is 30.0 Å². The molecule has 6 rings (SSSR count). The first kappa shape index (κ1) is 43.9. The Kier molecular flexibility index (Phi) is 13.4. The largest absolute Gasteiger partial charge is 0.512 e. The number of rotatable bonds is 5. The summed E-state index contributed by atoms with van der Waals surface area (Å²) < 4.78 is 0. The van der Waals surface area contributed by atoms with Crippen LogP contribution in [0.2, 0.25) is 0 Å². The van der Waals surface area contributed by atoms with Crippen molar-refractivity contribution >= 4 is 16.6 Å². The molecule has 0 amide bonds. The third-order valence-corrected chi connectivity index (χ3v) is 9.39. The number of hydrogen-bond acceptors (Lipinski definition) is 6. The number of ketones is 1. The SMILES string of the molecule is CC(C)(C)C(=O)C=C(O)C(C)(C)C.CC(C)(C)c1ccc(-c2nc(-c3ccc(C(C)(C)C)cc3)nc(-c3cc(-c4ccccn4)[c-]c4ccccc34)n2)cc1.[Ir]. The number of fused-ring (bicyclic) bond motifs is 1. The van der Waals surface area contributed by atoms with Gasteiger partial charge in [-0.25, -0.2) is 15.0 Å². The molecule has 0 unspecified atom stereocenters. The van der Waals surface area contributed by atoms with Gasteiger partial charge in [0.05, 0.1) is 0 Å². The minimum atomic E-state index is -0.417. The Morgan fingerprint density at radius 1 is 0.607 bits per heavy atom. The van der Waals surface area contributed by atoms with E-state index in [1.165, 1.54) is 17.2 Å². The monoisotopic (exact) mass is 924 g/mol. The first-order valence-corrected chi connectivity index (χ1v) is 18.9. The molecule has 1 N–H and O–H groups in total. The van der Waals surface area contributed by atoms with E-state index >= 15 is 0 Å². The van der Waals surface area contributed by atoms with Crippen LogP contribution in [0.4, 0.5) is 0 Å². The summed E-state index contributed by atoms with van der Waals surface area (Å²) in [5.74, 6) is 2.02. The van der Waals surface area contributed by atoms with E-state index in [0.29, 0.717) is 17.5 Å². The van der Waals surface area contributed by atoms with Gasteiger partial charge in [0.2, 0.25) is 0 Å². The summed E-state index contributed by atoms with van der Waals surface area (Å²) in [4.78, 5) is 31.2. The van der Waals surface area contributed by atoms with Crippen molar-refractivity contribution in [1.82, 2.24) is 19.9 Å². The van der Waals surface area contributed by atoms with Crippen molar-refractivity contribution in [2.24, 2.45) is 10.8 Å². The molecule has 2 aromatic heterocycles. The first-order chi connectivity index (χ1) is 25.6. The molecule has 293 valence electrons. The number of carbonyl (C=O) groups excluding carboxylic acids is 1. The number of carbonyl (C=O) groups is 1. The molecular formula is C49H55IrN4O2-. The summed E-state index contributed by atoms with van der Waals surface area (Å²) in [7, 11) is 0. The summed E-state index contributed by atoms with van der Waals surface area (Å²) in [6.07, 6.45) is 3.14. The van der Waals surface area contributed by atoms with Gasteiger partial charge in [0.15, 0.2) is 17.4 Å². The van der Waals surface area contributed by atoms with Gasteiger partial charge in [0, 0.05) is 60.0 Å². The Labute approximate surface area is 347 Å². The zero-order chi connectivity index (χ0) is 40.3. The molecule has 0 aliphatic heterocycles. The number of benzene rings is 4. The molecule has 0 bridgehead atoms. The van der Waals surface area contributed by atoms with Crippen LogP contribution in [0.25, 0.3) is 56.2 Å². The van der Waals surface area contributed by atoms with Crippen LogP contribution in [-0.2, 0) is 35.7 Å². The van der Waals surface area contributed by atoms with Crippen molar-refractivity contribution in [1.29, 1.82) is 0 Å². The van der Waals surface area contributed by atoms with E-state index in [1.807, 2.05) is 71.9 Å². The number of allylic oxidation sites excluding steroid dienone is 2. The van der Waals surface area contributed by atoms with Crippen LogP contribution in [0.5, 0.6) is 0 Å². The zero-order valence-corrected chi connectivity index (χ0v) is 37.3. The molecule has 6 aromatic rings. The van der Waals surface area contributed by atoms with Crippen LogP contribution in [0, 0.1) is 16.9 Å². The van der Waals surface area contributed by atoms with Crippen LogP contribution in [0.1, 0.15) is 94.2 Å². The van der Waals surface area contributed by atoms with E-state index in [2.05, 4.69) is 119 Å². The van der Waals surface area contributed by atoms with Crippen LogP contribution in [0.3, 0.4) is 0 Å². The number of aliphatic hydroxyl groups excluding tert-OH is 1. The van der Waals surface area contributed by atoms with Gasteiger partial charge in [-0.15, -0.1) is 23.6 Å². The maximum Gasteiger partial charge on any atom is 0.164 e. The normalized spacial score (nSPS) is 12.4. The number of aromatic nitrogens is 4. The molecule has 0 aliphatic rings. The van der Waals surface area contributed by atoms with Crippen molar-refractivity contribution in [3.63, 3.8) is 0 Å². The Hall–Kier alpha value is -4.84. The van der Waals surface area contributed by atoms with Crippen molar-refractivity contribution in [3.05, 3.63) is 132 Å². The summed E-state index contributed by atoms with van der Waals surface area (Å²) in [6, 6.07) is 36.9. The van der Waals surface area contributed by atoms with E-state index in [0.717, 1.165) is 38.7 Å². The summed E-state index contributed by atoms with van der Waals surface area (Å²) in [5.41, 5.74) is 6.48. The third kappa shape index (κ3) is 10.9. The molecule has 0 saturated heterocycles. The number of hydrogen-bond donors (Lipinski definition) is 1. The second-order valence-electron chi connectivity index (χ2n) is 18.2. The van der Waals surface area contributed by atoms with Crippen LogP contribution in [-0.4, -0.2) is 30.8 Å². The molecule has 0 atom stereocenters. The smallest absolute Gasteiger partial charge is 0.164 e.